The molecule has 0 fully saturated rings. The van der Waals surface area contributed by atoms with E-state index in [9.17, 15) is 0 Å². The monoisotopic (exact) mass is 219 g/mol. The molecule has 0 saturated heterocycles. The average molecular weight is 220 g/mol. The molecule has 0 saturated carbocycles. The van der Waals surface area contributed by atoms with E-state index in [1.165, 1.54) is 20.2 Å². The van der Waals surface area contributed by atoms with Gasteiger partial charge in [0.25, 0.3) is 0 Å². The van der Waals surface area contributed by atoms with E-state index in [0.29, 0.717) is 0 Å². The third-order valence-corrected chi connectivity index (χ3v) is 3.62. The number of nitrogens with zero attached hydrogens (tertiary/aromatic N) is 1. The Morgan fingerprint density at radius 3 is 2.86 bits per heavy atom. The lowest BCUT2D eigenvalue weighted by atomic mass is 10.2. The van der Waals surface area contributed by atoms with Crippen molar-refractivity contribution < 1.29 is 0 Å². The fourth-order valence-corrected chi connectivity index (χ4v) is 2.82. The zero-order valence-corrected chi connectivity index (χ0v) is 8.77. The molecule has 2 aromatic heterocycles. The number of hydrogen-bond donors (Lipinski definition) is 0. The van der Waals surface area contributed by atoms with Gasteiger partial charge in [-0.05, 0) is 24.3 Å². The highest BCUT2D eigenvalue weighted by Gasteiger charge is 2.04. The summed E-state index contributed by atoms with van der Waals surface area (Å²) in [6.07, 6.45) is 3.71. The van der Waals surface area contributed by atoms with E-state index >= 15 is 0 Å². The predicted molar refractivity (Wildman–Crippen MR) is 62.1 cm³/mol. The molecule has 2 heterocycles. The highest BCUT2D eigenvalue weighted by molar-refractivity contribution is 7.25. The molecule has 0 atom stereocenters. The van der Waals surface area contributed by atoms with E-state index in [-0.39, 0.29) is 0 Å². The lowest BCUT2D eigenvalue weighted by molar-refractivity contribution is 1.37. The fraction of sp³-hybridized carbons (Fsp3) is 0. The second-order valence-corrected chi connectivity index (χ2v) is 4.63. The molecule has 3 heteroatoms. The Labute approximate surface area is 90.0 Å². The standard InChI is InChI=1S/C11H6ClNS/c12-7-1-2-10-8(5-7)9-6-13-4-3-11(9)14-10/h1-6H. The Kier molecular flexibility index (Phi) is 1.72. The molecule has 0 bridgehead atoms. The van der Waals surface area contributed by atoms with Crippen LogP contribution in [0.4, 0.5) is 0 Å². The number of fused-ring (bicyclic) bond motifs is 3. The van der Waals surface area contributed by atoms with E-state index in [1.807, 2.05) is 30.6 Å². The zero-order chi connectivity index (χ0) is 9.54. The van der Waals surface area contributed by atoms with Gasteiger partial charge in [0.15, 0.2) is 0 Å². The molecule has 0 unspecified atom stereocenters. The molecule has 1 nitrogen and oxygen atoms in total. The molecule has 0 N–H and O–H groups in total. The summed E-state index contributed by atoms with van der Waals surface area (Å²) >= 11 is 7.73. The molecule has 14 heavy (non-hydrogen) atoms. The Hall–Kier alpha value is -1.12. The summed E-state index contributed by atoms with van der Waals surface area (Å²) in [5.41, 5.74) is 0. The number of rotatable bonds is 0. The first-order chi connectivity index (χ1) is 6.84. The largest absolute Gasteiger partial charge is 0.264 e. The molecule has 0 aliphatic carbocycles. The average Bonchev–Trinajstić information content (AvgIpc) is 2.56. The molecule has 1 aromatic carbocycles. The predicted octanol–water partition coefficient (Wildman–Crippen LogP) is 4.10. The minimum absolute atomic E-state index is 0.779. The number of pyridine rings is 1. The number of hydrogen-bond acceptors (Lipinski definition) is 2. The molecule has 0 radical (unpaired) electrons. The van der Waals surface area contributed by atoms with Gasteiger partial charge in [0.05, 0.1) is 0 Å². The highest BCUT2D eigenvalue weighted by Crippen LogP contribution is 2.34. The van der Waals surface area contributed by atoms with Crippen LogP contribution in [0.3, 0.4) is 0 Å². The minimum Gasteiger partial charge on any atom is -0.264 e. The van der Waals surface area contributed by atoms with Gasteiger partial charge in [0.2, 0.25) is 0 Å². The van der Waals surface area contributed by atoms with Gasteiger partial charge in [-0.1, -0.05) is 11.6 Å². The van der Waals surface area contributed by atoms with Crippen molar-refractivity contribution in [1.29, 1.82) is 0 Å². The molecule has 68 valence electrons. The van der Waals surface area contributed by atoms with Crippen LogP contribution in [-0.4, -0.2) is 4.98 Å². The van der Waals surface area contributed by atoms with Gasteiger partial charge in [-0.25, -0.2) is 0 Å². The quantitative estimate of drug-likeness (QED) is 0.555. The van der Waals surface area contributed by atoms with Gasteiger partial charge in [0, 0.05) is 37.6 Å². The number of halogens is 1. The third kappa shape index (κ3) is 1.11. The van der Waals surface area contributed by atoms with Gasteiger partial charge in [-0.2, -0.15) is 0 Å². The van der Waals surface area contributed by atoms with E-state index in [0.717, 1.165) is 5.02 Å². The van der Waals surface area contributed by atoms with Crippen molar-refractivity contribution in [3.8, 4) is 0 Å². The van der Waals surface area contributed by atoms with E-state index in [2.05, 4.69) is 11.1 Å². The molecule has 3 aromatic rings. The summed E-state index contributed by atoms with van der Waals surface area (Å²) in [4.78, 5) is 4.13. The molecule has 0 spiro atoms. The van der Waals surface area contributed by atoms with Crippen molar-refractivity contribution in [3.05, 3.63) is 41.7 Å². The molecule has 0 amide bonds. The summed E-state index contributed by atoms with van der Waals surface area (Å²) in [7, 11) is 0. The van der Waals surface area contributed by atoms with Crippen LogP contribution in [0.15, 0.2) is 36.7 Å². The van der Waals surface area contributed by atoms with Crippen LogP contribution < -0.4 is 0 Å². The van der Waals surface area contributed by atoms with Gasteiger partial charge in [-0.15, -0.1) is 11.3 Å². The first kappa shape index (κ1) is 8.21. The van der Waals surface area contributed by atoms with Crippen LogP contribution in [0.25, 0.3) is 20.2 Å². The van der Waals surface area contributed by atoms with Crippen LogP contribution in [0, 0.1) is 0 Å². The third-order valence-electron chi connectivity index (χ3n) is 2.23. The van der Waals surface area contributed by atoms with Crippen molar-refractivity contribution >= 4 is 43.1 Å². The summed E-state index contributed by atoms with van der Waals surface area (Å²) in [5.74, 6) is 0. The van der Waals surface area contributed by atoms with E-state index in [4.69, 9.17) is 11.6 Å². The Morgan fingerprint density at radius 1 is 1.07 bits per heavy atom. The second kappa shape index (κ2) is 2.94. The minimum atomic E-state index is 0.779. The molecule has 0 aliphatic rings. The Balaban J connectivity index is 2.58. The van der Waals surface area contributed by atoms with Crippen molar-refractivity contribution in [1.82, 2.24) is 4.98 Å². The van der Waals surface area contributed by atoms with E-state index in [1.54, 1.807) is 11.3 Å². The summed E-state index contributed by atoms with van der Waals surface area (Å²) in [5, 5.41) is 3.17. The van der Waals surface area contributed by atoms with Crippen molar-refractivity contribution in [2.45, 2.75) is 0 Å². The van der Waals surface area contributed by atoms with Crippen LogP contribution in [0.5, 0.6) is 0 Å². The summed E-state index contributed by atoms with van der Waals surface area (Å²) < 4.78 is 2.52. The second-order valence-electron chi connectivity index (χ2n) is 3.11. The molecular weight excluding hydrogens is 214 g/mol. The summed E-state index contributed by atoms with van der Waals surface area (Å²) in [6.45, 7) is 0. The Bertz CT molecular complexity index is 615. The van der Waals surface area contributed by atoms with Crippen LogP contribution in [0.1, 0.15) is 0 Å². The lowest BCUT2D eigenvalue weighted by Crippen LogP contribution is -1.69. The Morgan fingerprint density at radius 2 is 1.93 bits per heavy atom. The normalized spacial score (nSPS) is 11.2. The van der Waals surface area contributed by atoms with Crippen molar-refractivity contribution in [2.24, 2.45) is 0 Å². The molecule has 0 aliphatic heterocycles. The first-order valence-electron chi connectivity index (χ1n) is 4.26. The van der Waals surface area contributed by atoms with Gasteiger partial charge in [-0.3, -0.25) is 4.98 Å². The number of aromatic nitrogens is 1. The van der Waals surface area contributed by atoms with Gasteiger partial charge < -0.3 is 0 Å². The van der Waals surface area contributed by atoms with E-state index < -0.39 is 0 Å². The smallest absolute Gasteiger partial charge is 0.0413 e. The van der Waals surface area contributed by atoms with Crippen molar-refractivity contribution in [3.63, 3.8) is 0 Å². The lowest BCUT2D eigenvalue weighted by Gasteiger charge is -1.91. The highest BCUT2D eigenvalue weighted by atomic mass is 35.5. The topological polar surface area (TPSA) is 12.9 Å². The van der Waals surface area contributed by atoms with Gasteiger partial charge in [0.1, 0.15) is 0 Å². The SMILES string of the molecule is Clc1ccc2sc3ccncc3c2c1. The summed E-state index contributed by atoms with van der Waals surface area (Å²) in [6, 6.07) is 8.01. The number of benzene rings is 1. The number of thiophene rings is 1. The fourth-order valence-electron chi connectivity index (χ4n) is 1.59. The maximum atomic E-state index is 5.96. The van der Waals surface area contributed by atoms with Crippen LogP contribution in [-0.2, 0) is 0 Å². The molecular formula is C11H6ClNS. The van der Waals surface area contributed by atoms with Crippen LogP contribution in [0.2, 0.25) is 5.02 Å². The molecule has 3 rings (SSSR count). The van der Waals surface area contributed by atoms with Gasteiger partial charge >= 0.3 is 0 Å². The zero-order valence-electron chi connectivity index (χ0n) is 7.20. The maximum Gasteiger partial charge on any atom is 0.0413 e. The maximum absolute atomic E-state index is 5.96. The van der Waals surface area contributed by atoms with Crippen LogP contribution >= 0.6 is 22.9 Å². The first-order valence-corrected chi connectivity index (χ1v) is 5.46. The van der Waals surface area contributed by atoms with Crippen molar-refractivity contribution in [2.75, 3.05) is 0 Å².